The molecule has 35 heavy (non-hydrogen) atoms. The molecule has 0 spiro atoms. The van der Waals surface area contributed by atoms with Gasteiger partial charge in [-0.15, -0.1) is 0 Å². The predicted molar refractivity (Wildman–Crippen MR) is 131 cm³/mol. The Kier molecular flexibility index (Phi) is 8.66. The van der Waals surface area contributed by atoms with Gasteiger partial charge in [0.1, 0.15) is 18.1 Å². The number of hydrogen-bond acceptors (Lipinski definition) is 8. The highest BCUT2D eigenvalue weighted by Gasteiger charge is 2.28. The number of pyridine rings is 1. The molecule has 0 radical (unpaired) electrons. The van der Waals surface area contributed by atoms with E-state index >= 15 is 0 Å². The lowest BCUT2D eigenvalue weighted by Crippen LogP contribution is -2.47. The molecule has 1 aliphatic rings. The number of aromatic nitrogens is 1. The molecule has 1 saturated heterocycles. The van der Waals surface area contributed by atoms with Crippen LogP contribution >= 0.6 is 0 Å². The second kappa shape index (κ2) is 11.9. The van der Waals surface area contributed by atoms with Gasteiger partial charge >= 0.3 is 0 Å². The van der Waals surface area contributed by atoms with Gasteiger partial charge in [-0.1, -0.05) is 0 Å². The minimum atomic E-state index is -0.831. The molecule has 1 unspecified atom stereocenters. The van der Waals surface area contributed by atoms with Crippen LogP contribution < -0.4 is 15.1 Å². The van der Waals surface area contributed by atoms with Crippen LogP contribution in [-0.4, -0.2) is 86.9 Å². The lowest BCUT2D eigenvalue weighted by atomic mass is 10.0. The highest BCUT2D eigenvalue weighted by Crippen LogP contribution is 2.24. The second-order valence-corrected chi connectivity index (χ2v) is 8.22. The quantitative estimate of drug-likeness (QED) is 0.505. The number of rotatable bonds is 10. The fraction of sp³-hybridized carbons (Fsp3) is 0.360. The molecule has 2 heterocycles. The summed E-state index contributed by atoms with van der Waals surface area (Å²) in [5, 5.41) is 2.52. The number of nitrogens with one attached hydrogen (secondary N) is 1. The average molecular weight is 480 g/mol. The van der Waals surface area contributed by atoms with Gasteiger partial charge in [0.05, 0.1) is 5.56 Å². The normalized spacial score (nSPS) is 14.1. The van der Waals surface area contributed by atoms with E-state index < -0.39 is 11.9 Å². The first-order valence-corrected chi connectivity index (χ1v) is 11.4. The number of piperazine rings is 1. The van der Waals surface area contributed by atoms with E-state index in [0.717, 1.165) is 17.8 Å². The standard InChI is InChI=1S/C25H29N5O5/c1-26-24(34)22(4-3-13-31)28(2)25(35)21-14-20(7-6-19(21)17-33)29-9-11-30(12-10-29)23-8-5-18(16-32)15-27-23/h5-8,13-17,22H,3-4,9-12H2,1-2H3,(H,26,34). The zero-order valence-corrected chi connectivity index (χ0v) is 19.8. The molecular formula is C25H29N5O5. The largest absolute Gasteiger partial charge is 0.368 e. The molecule has 1 aromatic heterocycles. The summed E-state index contributed by atoms with van der Waals surface area (Å²) >= 11 is 0. The molecule has 3 rings (SSSR count). The number of nitrogens with zero attached hydrogens (tertiary/aromatic N) is 4. The van der Waals surface area contributed by atoms with Crippen molar-refractivity contribution in [1.82, 2.24) is 15.2 Å². The van der Waals surface area contributed by atoms with E-state index in [4.69, 9.17) is 0 Å². The number of aldehydes is 3. The van der Waals surface area contributed by atoms with Crippen molar-refractivity contribution in [3.8, 4) is 0 Å². The van der Waals surface area contributed by atoms with Gasteiger partial charge in [0.25, 0.3) is 5.91 Å². The summed E-state index contributed by atoms with van der Waals surface area (Å²) in [6.45, 7) is 2.72. The Balaban J connectivity index is 1.77. The van der Waals surface area contributed by atoms with Crippen LogP contribution in [0, 0.1) is 0 Å². The van der Waals surface area contributed by atoms with E-state index in [1.165, 1.54) is 19.0 Å². The van der Waals surface area contributed by atoms with Crippen LogP contribution in [0.2, 0.25) is 0 Å². The van der Waals surface area contributed by atoms with Crippen molar-refractivity contribution < 1.29 is 24.0 Å². The van der Waals surface area contributed by atoms with Crippen molar-refractivity contribution in [2.75, 3.05) is 50.1 Å². The Labute approximate surface area is 203 Å². The van der Waals surface area contributed by atoms with E-state index in [0.29, 0.717) is 44.3 Å². The highest BCUT2D eigenvalue weighted by atomic mass is 16.2. The zero-order chi connectivity index (χ0) is 25.4. The van der Waals surface area contributed by atoms with Crippen LogP contribution in [0.5, 0.6) is 0 Å². The van der Waals surface area contributed by atoms with E-state index in [1.54, 1.807) is 30.5 Å². The molecule has 10 nitrogen and oxygen atoms in total. The van der Waals surface area contributed by atoms with E-state index in [9.17, 15) is 24.0 Å². The van der Waals surface area contributed by atoms with Gasteiger partial charge in [-0.05, 0) is 36.8 Å². The summed E-state index contributed by atoms with van der Waals surface area (Å²) in [6, 6.07) is 7.80. The minimum Gasteiger partial charge on any atom is -0.368 e. The number of carbonyl (C=O) groups excluding carboxylic acids is 5. The van der Waals surface area contributed by atoms with E-state index in [1.807, 2.05) is 6.07 Å². The van der Waals surface area contributed by atoms with Gasteiger partial charge < -0.3 is 24.8 Å². The number of likely N-dealkylation sites (N-methyl/N-ethyl adjacent to an activating group) is 2. The number of amides is 2. The molecule has 0 aliphatic carbocycles. The average Bonchev–Trinajstić information content (AvgIpc) is 2.92. The Morgan fingerprint density at radius 3 is 2.34 bits per heavy atom. The fourth-order valence-electron chi connectivity index (χ4n) is 4.10. The van der Waals surface area contributed by atoms with Crippen LogP contribution in [0.4, 0.5) is 11.5 Å². The monoisotopic (exact) mass is 479 g/mol. The first-order valence-electron chi connectivity index (χ1n) is 11.4. The van der Waals surface area contributed by atoms with E-state index in [2.05, 4.69) is 20.1 Å². The van der Waals surface area contributed by atoms with Crippen molar-refractivity contribution in [2.24, 2.45) is 0 Å². The van der Waals surface area contributed by atoms with E-state index in [-0.39, 0.29) is 29.9 Å². The minimum absolute atomic E-state index is 0.132. The van der Waals surface area contributed by atoms with Crippen LogP contribution in [-0.2, 0) is 9.59 Å². The SMILES string of the molecule is CNC(=O)C(CCC=O)N(C)C(=O)c1cc(N2CCN(c3ccc(C=O)cn3)CC2)ccc1C=O. The summed E-state index contributed by atoms with van der Waals surface area (Å²) in [6.07, 6.45) is 3.95. The molecule has 1 aromatic carbocycles. The number of carbonyl (C=O) groups is 5. The second-order valence-electron chi connectivity index (χ2n) is 8.22. The molecule has 1 atom stereocenters. The van der Waals surface area contributed by atoms with Gasteiger partial charge in [-0.3, -0.25) is 19.2 Å². The van der Waals surface area contributed by atoms with Crippen LogP contribution in [0.3, 0.4) is 0 Å². The number of hydrogen-bond donors (Lipinski definition) is 1. The molecular weight excluding hydrogens is 450 g/mol. The van der Waals surface area contributed by atoms with Gasteiger partial charge in [0.2, 0.25) is 5.91 Å². The van der Waals surface area contributed by atoms with Gasteiger partial charge in [-0.2, -0.15) is 0 Å². The third kappa shape index (κ3) is 5.89. The number of benzene rings is 1. The summed E-state index contributed by atoms with van der Waals surface area (Å²) in [5.74, 6) is -0.0522. The van der Waals surface area contributed by atoms with Crippen LogP contribution in [0.15, 0.2) is 36.5 Å². The van der Waals surface area contributed by atoms with Crippen molar-refractivity contribution >= 4 is 42.2 Å². The van der Waals surface area contributed by atoms with Gasteiger partial charge in [0, 0.05) is 69.7 Å². The molecule has 2 amide bonds. The Hall–Kier alpha value is -4.08. The van der Waals surface area contributed by atoms with Crippen molar-refractivity contribution in [3.05, 3.63) is 53.2 Å². The molecule has 0 bridgehead atoms. The predicted octanol–water partition coefficient (Wildman–Crippen LogP) is 1.20. The molecule has 1 aliphatic heterocycles. The third-order valence-electron chi connectivity index (χ3n) is 6.16. The first kappa shape index (κ1) is 25.5. The summed E-state index contributed by atoms with van der Waals surface area (Å²) < 4.78 is 0. The van der Waals surface area contributed by atoms with Crippen molar-refractivity contribution in [2.45, 2.75) is 18.9 Å². The van der Waals surface area contributed by atoms with Crippen molar-refractivity contribution in [3.63, 3.8) is 0 Å². The maximum Gasteiger partial charge on any atom is 0.255 e. The molecule has 1 N–H and O–H groups in total. The Morgan fingerprint density at radius 2 is 1.77 bits per heavy atom. The van der Waals surface area contributed by atoms with Gasteiger partial charge in [0.15, 0.2) is 12.6 Å². The molecule has 2 aromatic rings. The van der Waals surface area contributed by atoms with Crippen molar-refractivity contribution in [1.29, 1.82) is 0 Å². The smallest absolute Gasteiger partial charge is 0.255 e. The summed E-state index contributed by atoms with van der Waals surface area (Å²) in [7, 11) is 2.97. The lowest BCUT2D eigenvalue weighted by molar-refractivity contribution is -0.125. The zero-order valence-electron chi connectivity index (χ0n) is 19.8. The fourth-order valence-corrected chi connectivity index (χ4v) is 4.10. The molecule has 0 saturated carbocycles. The van der Waals surface area contributed by atoms with Gasteiger partial charge in [-0.25, -0.2) is 4.98 Å². The number of anilines is 2. The maximum atomic E-state index is 13.3. The molecule has 184 valence electrons. The molecule has 1 fully saturated rings. The maximum absolute atomic E-state index is 13.3. The lowest BCUT2D eigenvalue weighted by Gasteiger charge is -2.37. The van der Waals surface area contributed by atoms with Crippen LogP contribution in [0.1, 0.15) is 43.9 Å². The van der Waals surface area contributed by atoms with Crippen LogP contribution in [0.25, 0.3) is 0 Å². The Morgan fingerprint density at radius 1 is 1.06 bits per heavy atom. The summed E-state index contributed by atoms with van der Waals surface area (Å²) in [4.78, 5) is 68.8. The molecule has 10 heteroatoms. The summed E-state index contributed by atoms with van der Waals surface area (Å²) in [5.41, 5.74) is 1.75. The topological polar surface area (TPSA) is 120 Å². The third-order valence-corrected chi connectivity index (χ3v) is 6.16. The first-order chi connectivity index (χ1) is 16.9. The Bertz CT molecular complexity index is 1080. The highest BCUT2D eigenvalue weighted by molar-refractivity contribution is 6.04.